The lowest BCUT2D eigenvalue weighted by Crippen LogP contribution is -2.38. The van der Waals surface area contributed by atoms with Crippen molar-refractivity contribution in [2.75, 3.05) is 39.5 Å². The number of carbonyl (C=O) groups excluding carboxylic acids is 1. The van der Waals surface area contributed by atoms with Gasteiger partial charge in [0.1, 0.15) is 18.1 Å². The van der Waals surface area contributed by atoms with Crippen LogP contribution in [-0.4, -0.2) is 55.3 Å². The molecule has 0 amide bonds. The van der Waals surface area contributed by atoms with Crippen molar-refractivity contribution in [3.05, 3.63) is 59.4 Å². The molecule has 1 atom stereocenters. The maximum Gasteiger partial charge on any atom is 0.433 e. The van der Waals surface area contributed by atoms with Gasteiger partial charge in [-0.2, -0.15) is 26.3 Å². The number of carbonyl (C=O) groups is 1. The van der Waals surface area contributed by atoms with Crippen molar-refractivity contribution < 1.29 is 45.3 Å². The Hall–Kier alpha value is -2.86. The molecule has 0 N–H and O–H groups in total. The summed E-state index contributed by atoms with van der Waals surface area (Å²) in [6, 6.07) is 5.45. The van der Waals surface area contributed by atoms with Crippen molar-refractivity contribution in [3.63, 3.8) is 0 Å². The topological polar surface area (TPSA) is 60.9 Å². The molecule has 0 aliphatic carbocycles. The summed E-state index contributed by atoms with van der Waals surface area (Å²) in [5.74, 6) is -1.22. The van der Waals surface area contributed by atoms with Crippen molar-refractivity contribution >= 4 is 5.97 Å². The number of aromatic nitrogens is 1. The van der Waals surface area contributed by atoms with E-state index >= 15 is 0 Å². The van der Waals surface area contributed by atoms with Crippen LogP contribution in [0.3, 0.4) is 0 Å². The maximum absolute atomic E-state index is 13.1. The third-order valence-corrected chi connectivity index (χ3v) is 4.77. The van der Waals surface area contributed by atoms with E-state index in [1.54, 1.807) is 0 Å². The van der Waals surface area contributed by atoms with Gasteiger partial charge in [0.05, 0.1) is 25.0 Å². The number of halogens is 6. The molecule has 2 heterocycles. The Morgan fingerprint density at radius 2 is 1.79 bits per heavy atom. The molecule has 33 heavy (non-hydrogen) atoms. The van der Waals surface area contributed by atoms with Gasteiger partial charge in [-0.1, -0.05) is 12.1 Å². The third-order valence-electron chi connectivity index (χ3n) is 4.77. The zero-order valence-electron chi connectivity index (χ0n) is 17.2. The van der Waals surface area contributed by atoms with Gasteiger partial charge in [0.15, 0.2) is 0 Å². The van der Waals surface area contributed by atoms with Crippen molar-refractivity contribution in [2.45, 2.75) is 18.5 Å². The van der Waals surface area contributed by atoms with E-state index in [0.29, 0.717) is 38.9 Å². The number of nitrogens with zero attached hydrogens (tertiary/aromatic N) is 2. The molecule has 2 aromatic rings. The van der Waals surface area contributed by atoms with Crippen LogP contribution in [0.25, 0.3) is 0 Å². The van der Waals surface area contributed by atoms with E-state index in [2.05, 4.69) is 4.98 Å². The molecule has 0 saturated carbocycles. The van der Waals surface area contributed by atoms with Crippen molar-refractivity contribution in [2.24, 2.45) is 0 Å². The lowest BCUT2D eigenvalue weighted by Gasteiger charge is -2.26. The maximum atomic E-state index is 13.1. The van der Waals surface area contributed by atoms with E-state index in [1.807, 2.05) is 4.90 Å². The van der Waals surface area contributed by atoms with Gasteiger partial charge in [-0.15, -0.1) is 0 Å². The normalized spacial score (nSPS) is 16.3. The Labute approximate surface area is 185 Å². The summed E-state index contributed by atoms with van der Waals surface area (Å²) in [4.78, 5) is 17.9. The van der Waals surface area contributed by atoms with Gasteiger partial charge in [-0.3, -0.25) is 4.90 Å². The van der Waals surface area contributed by atoms with E-state index in [-0.39, 0.29) is 17.9 Å². The van der Waals surface area contributed by atoms with Crippen molar-refractivity contribution in [3.8, 4) is 5.75 Å². The zero-order valence-corrected chi connectivity index (χ0v) is 17.2. The highest BCUT2D eigenvalue weighted by atomic mass is 19.4. The highest BCUT2D eigenvalue weighted by Gasteiger charge is 2.34. The second-order valence-corrected chi connectivity index (χ2v) is 7.12. The van der Waals surface area contributed by atoms with Crippen LogP contribution in [0.15, 0.2) is 42.6 Å². The van der Waals surface area contributed by atoms with Gasteiger partial charge in [-0.25, -0.2) is 9.78 Å². The largest absolute Gasteiger partial charge is 0.472 e. The van der Waals surface area contributed by atoms with Crippen LogP contribution in [0.1, 0.15) is 22.9 Å². The fourth-order valence-corrected chi connectivity index (χ4v) is 3.06. The molecule has 1 unspecified atom stereocenters. The summed E-state index contributed by atoms with van der Waals surface area (Å²) in [6.07, 6.45) is -10.3. The van der Waals surface area contributed by atoms with Crippen LogP contribution in [0.2, 0.25) is 0 Å². The van der Waals surface area contributed by atoms with E-state index < -0.39 is 35.7 Å². The molecule has 1 aromatic heterocycles. The number of pyridine rings is 1. The molecular formula is C21H20F6N2O4. The highest BCUT2D eigenvalue weighted by Crippen LogP contribution is 2.33. The van der Waals surface area contributed by atoms with Gasteiger partial charge in [-0.05, 0) is 24.3 Å². The summed E-state index contributed by atoms with van der Waals surface area (Å²) in [6.45, 7) is 2.68. The Morgan fingerprint density at radius 1 is 1.06 bits per heavy atom. The first-order valence-electron chi connectivity index (χ1n) is 9.88. The Kier molecular flexibility index (Phi) is 7.80. The number of morpholine rings is 1. The Morgan fingerprint density at radius 3 is 2.39 bits per heavy atom. The minimum absolute atomic E-state index is 0.0527. The molecule has 1 saturated heterocycles. The van der Waals surface area contributed by atoms with Crippen molar-refractivity contribution in [1.82, 2.24) is 9.88 Å². The number of hydrogen-bond acceptors (Lipinski definition) is 6. The molecule has 3 rings (SSSR count). The van der Waals surface area contributed by atoms with E-state index in [1.165, 1.54) is 6.07 Å². The first-order valence-corrected chi connectivity index (χ1v) is 9.88. The molecule has 0 bridgehead atoms. The molecule has 0 spiro atoms. The number of esters is 1. The number of alkyl halides is 6. The summed E-state index contributed by atoms with van der Waals surface area (Å²) >= 11 is 0. The number of rotatable bonds is 7. The van der Waals surface area contributed by atoms with E-state index in [9.17, 15) is 31.1 Å². The quantitative estimate of drug-likeness (QED) is 0.441. The Bertz CT molecular complexity index is 928. The summed E-state index contributed by atoms with van der Waals surface area (Å²) < 4.78 is 93.5. The molecule has 12 heteroatoms. The number of benzene rings is 1. The van der Waals surface area contributed by atoms with Gasteiger partial charge >= 0.3 is 18.3 Å². The molecule has 1 aromatic carbocycles. The lowest BCUT2D eigenvalue weighted by molar-refractivity contribution is -0.153. The van der Waals surface area contributed by atoms with E-state index in [0.717, 1.165) is 30.5 Å². The summed E-state index contributed by atoms with van der Waals surface area (Å²) in [5.41, 5.74) is -2.36. The second kappa shape index (κ2) is 10.4. The average Bonchev–Trinajstić information content (AvgIpc) is 2.77. The van der Waals surface area contributed by atoms with Crippen LogP contribution in [0.5, 0.6) is 5.75 Å². The fraction of sp³-hybridized carbons (Fsp3) is 0.429. The molecular weight excluding hydrogens is 458 g/mol. The monoisotopic (exact) mass is 478 g/mol. The summed E-state index contributed by atoms with van der Waals surface area (Å²) in [7, 11) is 0. The standard InChI is InChI=1S/C21H20F6N2O4/c22-20(23,24)15-3-1-2-14(12-15)18(19(30)32-11-8-29-6-9-31-10-7-29)33-16-4-5-17(28-13-16)21(25,26)27/h1-5,12-13,18H,6-11H2. The van der Waals surface area contributed by atoms with Gasteiger partial charge < -0.3 is 14.2 Å². The molecule has 1 aliphatic heterocycles. The Balaban J connectivity index is 1.77. The zero-order chi connectivity index (χ0) is 24.1. The smallest absolute Gasteiger partial charge is 0.433 e. The molecule has 0 radical (unpaired) electrons. The minimum Gasteiger partial charge on any atom is -0.472 e. The average molecular weight is 478 g/mol. The highest BCUT2D eigenvalue weighted by molar-refractivity contribution is 5.77. The SMILES string of the molecule is O=C(OCCN1CCOCC1)C(Oc1ccc(C(F)(F)F)nc1)c1cccc(C(F)(F)F)c1. The third kappa shape index (κ3) is 7.06. The van der Waals surface area contributed by atoms with Crippen LogP contribution in [0, 0.1) is 0 Å². The first-order chi connectivity index (χ1) is 15.5. The van der Waals surface area contributed by atoms with Gasteiger partial charge in [0.2, 0.25) is 6.10 Å². The molecule has 6 nitrogen and oxygen atoms in total. The predicted molar refractivity (Wildman–Crippen MR) is 102 cm³/mol. The lowest BCUT2D eigenvalue weighted by atomic mass is 10.1. The molecule has 1 fully saturated rings. The summed E-state index contributed by atoms with van der Waals surface area (Å²) in [5, 5.41) is 0. The molecule has 180 valence electrons. The van der Waals surface area contributed by atoms with Crippen LogP contribution >= 0.6 is 0 Å². The van der Waals surface area contributed by atoms with Crippen LogP contribution in [0.4, 0.5) is 26.3 Å². The number of ether oxygens (including phenoxy) is 3. The molecule has 1 aliphatic rings. The first kappa shape index (κ1) is 24.8. The van der Waals surface area contributed by atoms with Gasteiger partial charge in [0, 0.05) is 25.2 Å². The second-order valence-electron chi connectivity index (χ2n) is 7.12. The van der Waals surface area contributed by atoms with E-state index in [4.69, 9.17) is 14.2 Å². The predicted octanol–water partition coefficient (Wildman–Crippen LogP) is 4.11. The minimum atomic E-state index is -4.68. The van der Waals surface area contributed by atoms with Crippen molar-refractivity contribution in [1.29, 1.82) is 0 Å². The van der Waals surface area contributed by atoms with Crippen LogP contribution in [-0.2, 0) is 26.6 Å². The number of hydrogen-bond donors (Lipinski definition) is 0. The van der Waals surface area contributed by atoms with Crippen LogP contribution < -0.4 is 4.74 Å². The fourth-order valence-electron chi connectivity index (χ4n) is 3.06. The van der Waals surface area contributed by atoms with Gasteiger partial charge in [0.25, 0.3) is 0 Å².